The SMILES string of the molecule is C[C@@H](C(=O)NCc1ccccc1)[NH+]1CCN(c2ccc(F)cc2)CC1. The summed E-state index contributed by atoms with van der Waals surface area (Å²) in [5, 5.41) is 3.03. The summed E-state index contributed by atoms with van der Waals surface area (Å²) in [4.78, 5) is 16.0. The molecule has 0 aromatic heterocycles. The van der Waals surface area contributed by atoms with Gasteiger partial charge in [-0.2, -0.15) is 0 Å². The van der Waals surface area contributed by atoms with Crippen LogP contribution in [0.25, 0.3) is 0 Å². The number of anilines is 1. The number of piperazine rings is 1. The molecule has 4 nitrogen and oxygen atoms in total. The molecule has 1 saturated heterocycles. The molecule has 1 heterocycles. The monoisotopic (exact) mass is 342 g/mol. The van der Waals surface area contributed by atoms with E-state index in [-0.39, 0.29) is 17.8 Å². The van der Waals surface area contributed by atoms with Crippen molar-refractivity contribution < 1.29 is 14.1 Å². The van der Waals surface area contributed by atoms with Crippen LogP contribution in [-0.4, -0.2) is 38.1 Å². The number of carbonyl (C=O) groups is 1. The van der Waals surface area contributed by atoms with E-state index in [1.165, 1.54) is 17.0 Å². The highest BCUT2D eigenvalue weighted by Crippen LogP contribution is 2.14. The highest BCUT2D eigenvalue weighted by Gasteiger charge is 2.29. The van der Waals surface area contributed by atoms with Crippen molar-refractivity contribution >= 4 is 11.6 Å². The van der Waals surface area contributed by atoms with Crippen molar-refractivity contribution in [3.05, 3.63) is 66.0 Å². The van der Waals surface area contributed by atoms with Gasteiger partial charge in [-0.25, -0.2) is 4.39 Å². The number of hydrogen-bond donors (Lipinski definition) is 2. The van der Waals surface area contributed by atoms with Crippen molar-refractivity contribution in [3.8, 4) is 0 Å². The maximum Gasteiger partial charge on any atom is 0.278 e. The third-order valence-electron chi connectivity index (χ3n) is 4.91. The lowest BCUT2D eigenvalue weighted by molar-refractivity contribution is -0.914. The molecule has 3 rings (SSSR count). The quantitative estimate of drug-likeness (QED) is 0.858. The molecule has 132 valence electrons. The Kier molecular flexibility index (Phi) is 5.66. The van der Waals surface area contributed by atoms with Crippen molar-refractivity contribution in [1.29, 1.82) is 0 Å². The van der Waals surface area contributed by atoms with E-state index in [0.29, 0.717) is 6.54 Å². The van der Waals surface area contributed by atoms with Crippen molar-refractivity contribution in [1.82, 2.24) is 5.32 Å². The molecule has 0 bridgehead atoms. The standard InChI is InChI=1S/C20H24FN3O/c1-16(20(25)22-15-17-5-3-2-4-6-17)23-11-13-24(14-12-23)19-9-7-18(21)8-10-19/h2-10,16H,11-15H2,1H3,(H,22,25)/p+1/t16-/m0/s1. The molecule has 0 spiro atoms. The maximum atomic E-state index is 13.0. The normalized spacial score (nSPS) is 16.5. The summed E-state index contributed by atoms with van der Waals surface area (Å²) < 4.78 is 13.0. The predicted octanol–water partition coefficient (Wildman–Crippen LogP) is 1.24. The van der Waals surface area contributed by atoms with Gasteiger partial charge in [0.25, 0.3) is 5.91 Å². The number of nitrogens with one attached hydrogen (secondary N) is 2. The number of amides is 1. The Labute approximate surface area is 148 Å². The van der Waals surface area contributed by atoms with Gasteiger partial charge in [-0.3, -0.25) is 4.79 Å². The molecule has 1 fully saturated rings. The Hall–Kier alpha value is -2.40. The average molecular weight is 342 g/mol. The van der Waals surface area contributed by atoms with E-state index >= 15 is 0 Å². The van der Waals surface area contributed by atoms with Crippen molar-refractivity contribution in [2.24, 2.45) is 0 Å². The lowest BCUT2D eigenvalue weighted by Gasteiger charge is -2.36. The van der Waals surface area contributed by atoms with E-state index in [1.807, 2.05) is 49.4 Å². The van der Waals surface area contributed by atoms with Crippen LogP contribution in [0.1, 0.15) is 12.5 Å². The molecule has 2 aromatic carbocycles. The lowest BCUT2D eigenvalue weighted by atomic mass is 10.2. The van der Waals surface area contributed by atoms with Crippen LogP contribution in [0.3, 0.4) is 0 Å². The smallest absolute Gasteiger partial charge is 0.278 e. The molecular formula is C20H25FN3O+. The molecule has 0 saturated carbocycles. The van der Waals surface area contributed by atoms with Crippen LogP contribution in [0.15, 0.2) is 54.6 Å². The number of quaternary nitrogens is 1. The number of carbonyl (C=O) groups excluding carboxylic acids is 1. The highest BCUT2D eigenvalue weighted by molar-refractivity contribution is 5.79. The summed E-state index contributed by atoms with van der Waals surface area (Å²) in [6.45, 7) is 6.10. The molecule has 1 aliphatic rings. The largest absolute Gasteiger partial charge is 0.360 e. The summed E-state index contributed by atoms with van der Waals surface area (Å²) in [7, 11) is 0. The van der Waals surface area contributed by atoms with E-state index in [1.54, 1.807) is 0 Å². The number of halogens is 1. The summed E-state index contributed by atoms with van der Waals surface area (Å²) in [6.07, 6.45) is 0. The Morgan fingerprint density at radius 3 is 2.40 bits per heavy atom. The van der Waals surface area contributed by atoms with Gasteiger partial charge in [0.05, 0.1) is 26.2 Å². The van der Waals surface area contributed by atoms with Gasteiger partial charge in [0, 0.05) is 12.2 Å². The van der Waals surface area contributed by atoms with E-state index in [0.717, 1.165) is 37.4 Å². The minimum absolute atomic E-state index is 0.0703. The first-order valence-corrected chi connectivity index (χ1v) is 8.80. The van der Waals surface area contributed by atoms with Crippen LogP contribution >= 0.6 is 0 Å². The summed E-state index contributed by atoms with van der Waals surface area (Å²) in [6, 6.07) is 16.5. The van der Waals surface area contributed by atoms with Gasteiger partial charge in [-0.1, -0.05) is 30.3 Å². The summed E-state index contributed by atoms with van der Waals surface area (Å²) in [5.74, 6) is -0.120. The van der Waals surface area contributed by atoms with Gasteiger partial charge in [0.2, 0.25) is 0 Å². The Morgan fingerprint density at radius 1 is 1.12 bits per heavy atom. The molecular weight excluding hydrogens is 317 g/mol. The first kappa shape index (κ1) is 17.4. The topological polar surface area (TPSA) is 36.8 Å². The van der Waals surface area contributed by atoms with E-state index in [2.05, 4.69) is 10.2 Å². The number of hydrogen-bond acceptors (Lipinski definition) is 2. The third kappa shape index (κ3) is 4.57. The van der Waals surface area contributed by atoms with Crippen LogP contribution in [-0.2, 0) is 11.3 Å². The van der Waals surface area contributed by atoms with Crippen molar-refractivity contribution in [3.63, 3.8) is 0 Å². The number of rotatable bonds is 5. The van der Waals surface area contributed by atoms with E-state index < -0.39 is 0 Å². The van der Waals surface area contributed by atoms with Gasteiger partial charge < -0.3 is 15.1 Å². The van der Waals surface area contributed by atoms with Crippen LogP contribution in [0, 0.1) is 5.82 Å². The zero-order valence-corrected chi connectivity index (χ0v) is 14.5. The average Bonchev–Trinajstić information content (AvgIpc) is 2.67. The highest BCUT2D eigenvalue weighted by atomic mass is 19.1. The summed E-state index contributed by atoms with van der Waals surface area (Å²) in [5.41, 5.74) is 2.15. The number of nitrogens with zero attached hydrogens (tertiary/aromatic N) is 1. The van der Waals surface area contributed by atoms with Crippen molar-refractivity contribution in [2.75, 3.05) is 31.1 Å². The fraction of sp³-hybridized carbons (Fsp3) is 0.350. The first-order chi connectivity index (χ1) is 12.1. The second-order valence-corrected chi connectivity index (χ2v) is 6.55. The molecule has 2 N–H and O–H groups in total. The van der Waals surface area contributed by atoms with Crippen molar-refractivity contribution in [2.45, 2.75) is 19.5 Å². The first-order valence-electron chi connectivity index (χ1n) is 8.80. The van der Waals surface area contributed by atoms with Gasteiger partial charge in [0.15, 0.2) is 6.04 Å². The Balaban J connectivity index is 1.48. The second-order valence-electron chi connectivity index (χ2n) is 6.55. The zero-order valence-electron chi connectivity index (χ0n) is 14.5. The van der Waals surface area contributed by atoms with E-state index in [4.69, 9.17) is 0 Å². The van der Waals surface area contributed by atoms with E-state index in [9.17, 15) is 9.18 Å². The second kappa shape index (κ2) is 8.12. The molecule has 1 aliphatic heterocycles. The fourth-order valence-electron chi connectivity index (χ4n) is 3.26. The molecule has 25 heavy (non-hydrogen) atoms. The molecule has 5 heteroatoms. The fourth-order valence-corrected chi connectivity index (χ4v) is 3.26. The maximum absolute atomic E-state index is 13.0. The predicted molar refractivity (Wildman–Crippen MR) is 97.1 cm³/mol. The van der Waals surface area contributed by atoms with Gasteiger partial charge >= 0.3 is 0 Å². The zero-order chi connectivity index (χ0) is 17.6. The third-order valence-corrected chi connectivity index (χ3v) is 4.91. The number of benzene rings is 2. The lowest BCUT2D eigenvalue weighted by Crippen LogP contribution is -3.19. The minimum Gasteiger partial charge on any atom is -0.360 e. The van der Waals surface area contributed by atoms with Crippen LogP contribution in [0.2, 0.25) is 0 Å². The minimum atomic E-state index is -0.211. The molecule has 1 amide bonds. The Morgan fingerprint density at radius 2 is 1.76 bits per heavy atom. The molecule has 2 aromatic rings. The van der Waals surface area contributed by atoms with Crippen LogP contribution in [0.5, 0.6) is 0 Å². The molecule has 0 radical (unpaired) electrons. The van der Waals surface area contributed by atoms with Gasteiger partial charge in [-0.05, 0) is 36.8 Å². The molecule has 1 atom stereocenters. The van der Waals surface area contributed by atoms with Crippen LogP contribution < -0.4 is 15.1 Å². The van der Waals surface area contributed by atoms with Crippen LogP contribution in [0.4, 0.5) is 10.1 Å². The Bertz CT molecular complexity index is 682. The molecule has 0 unspecified atom stereocenters. The van der Waals surface area contributed by atoms with Gasteiger partial charge in [0.1, 0.15) is 5.82 Å². The van der Waals surface area contributed by atoms with Gasteiger partial charge in [-0.15, -0.1) is 0 Å². The summed E-state index contributed by atoms with van der Waals surface area (Å²) >= 11 is 0. The molecule has 0 aliphatic carbocycles.